The van der Waals surface area contributed by atoms with Gasteiger partial charge in [-0.15, -0.1) is 0 Å². The summed E-state index contributed by atoms with van der Waals surface area (Å²) in [5.74, 6) is -0.00418. The summed E-state index contributed by atoms with van der Waals surface area (Å²) in [6.45, 7) is 8.17. The van der Waals surface area contributed by atoms with Gasteiger partial charge in [-0.3, -0.25) is 4.79 Å². The van der Waals surface area contributed by atoms with E-state index in [0.717, 1.165) is 22.7 Å². The SMILES string of the molecule is CCOC(=O)c1sc(NC(=O)CCCNc2nc(C)cc(C)n2)nc1C. The van der Waals surface area contributed by atoms with Crippen molar-refractivity contribution in [2.75, 3.05) is 23.8 Å². The van der Waals surface area contributed by atoms with Crippen LogP contribution in [0, 0.1) is 20.8 Å². The zero-order chi connectivity index (χ0) is 19.1. The van der Waals surface area contributed by atoms with Gasteiger partial charge in [-0.25, -0.2) is 19.7 Å². The van der Waals surface area contributed by atoms with Gasteiger partial charge in [-0.05, 0) is 40.2 Å². The number of hydrogen-bond donors (Lipinski definition) is 2. The van der Waals surface area contributed by atoms with Crippen molar-refractivity contribution in [2.45, 2.75) is 40.5 Å². The standard InChI is InChI=1S/C17H23N5O3S/c1-5-25-15(24)14-12(4)21-17(26-14)22-13(23)7-6-8-18-16-19-10(2)9-11(3)20-16/h9H,5-8H2,1-4H3,(H,18,19,20)(H,21,22,23). The van der Waals surface area contributed by atoms with Crippen LogP contribution in [0.5, 0.6) is 0 Å². The maximum Gasteiger partial charge on any atom is 0.350 e. The van der Waals surface area contributed by atoms with Crippen LogP contribution in [-0.4, -0.2) is 40.0 Å². The molecule has 0 aliphatic heterocycles. The third-order valence-corrected chi connectivity index (χ3v) is 4.40. The average molecular weight is 377 g/mol. The quantitative estimate of drug-likeness (QED) is 0.538. The van der Waals surface area contributed by atoms with Crippen LogP contribution in [0.15, 0.2) is 6.07 Å². The minimum Gasteiger partial charge on any atom is -0.462 e. The van der Waals surface area contributed by atoms with Crippen LogP contribution >= 0.6 is 11.3 Å². The minimum atomic E-state index is -0.416. The number of rotatable bonds is 8. The van der Waals surface area contributed by atoms with Crippen molar-refractivity contribution in [1.82, 2.24) is 15.0 Å². The Morgan fingerprint density at radius 2 is 1.85 bits per heavy atom. The lowest BCUT2D eigenvalue weighted by Gasteiger charge is -2.06. The molecule has 2 N–H and O–H groups in total. The number of aromatic nitrogens is 3. The van der Waals surface area contributed by atoms with E-state index in [9.17, 15) is 9.59 Å². The first kappa shape index (κ1) is 19.8. The number of ether oxygens (including phenoxy) is 1. The summed E-state index contributed by atoms with van der Waals surface area (Å²) >= 11 is 1.12. The average Bonchev–Trinajstić information content (AvgIpc) is 2.91. The Bertz CT molecular complexity index is 770. The van der Waals surface area contributed by atoms with Crippen molar-refractivity contribution in [3.63, 3.8) is 0 Å². The van der Waals surface area contributed by atoms with Gasteiger partial charge in [0, 0.05) is 24.4 Å². The predicted octanol–water partition coefficient (Wildman–Crippen LogP) is 2.87. The molecule has 2 rings (SSSR count). The van der Waals surface area contributed by atoms with Crippen molar-refractivity contribution >= 4 is 34.3 Å². The number of carbonyl (C=O) groups excluding carboxylic acids is 2. The summed E-state index contributed by atoms with van der Waals surface area (Å²) in [4.78, 5) is 37.0. The first-order valence-electron chi connectivity index (χ1n) is 8.39. The number of esters is 1. The van der Waals surface area contributed by atoms with Crippen molar-refractivity contribution in [3.8, 4) is 0 Å². The Kier molecular flexibility index (Phi) is 7.02. The van der Waals surface area contributed by atoms with Gasteiger partial charge in [-0.2, -0.15) is 0 Å². The Morgan fingerprint density at radius 3 is 2.50 bits per heavy atom. The molecule has 0 saturated heterocycles. The lowest BCUT2D eigenvalue weighted by Crippen LogP contribution is -2.14. The van der Waals surface area contributed by atoms with E-state index in [2.05, 4.69) is 25.6 Å². The molecule has 8 nitrogen and oxygen atoms in total. The lowest BCUT2D eigenvalue weighted by molar-refractivity contribution is -0.116. The number of nitrogens with zero attached hydrogens (tertiary/aromatic N) is 3. The normalized spacial score (nSPS) is 10.5. The van der Waals surface area contributed by atoms with Crippen LogP contribution in [0.1, 0.15) is 46.5 Å². The molecule has 9 heteroatoms. The second kappa shape index (κ2) is 9.23. The highest BCUT2D eigenvalue weighted by atomic mass is 32.1. The van der Waals surface area contributed by atoms with Gasteiger partial charge in [0.2, 0.25) is 11.9 Å². The van der Waals surface area contributed by atoms with Crippen LogP contribution in [-0.2, 0) is 9.53 Å². The van der Waals surface area contributed by atoms with Crippen LogP contribution in [0.2, 0.25) is 0 Å². The molecule has 0 spiro atoms. The monoisotopic (exact) mass is 377 g/mol. The van der Waals surface area contributed by atoms with Gasteiger partial charge >= 0.3 is 5.97 Å². The molecular formula is C17H23N5O3S. The van der Waals surface area contributed by atoms with E-state index < -0.39 is 5.97 Å². The molecule has 0 unspecified atom stereocenters. The summed E-state index contributed by atoms with van der Waals surface area (Å²) in [6.07, 6.45) is 0.947. The van der Waals surface area contributed by atoms with Crippen molar-refractivity contribution in [3.05, 3.63) is 28.0 Å². The maximum absolute atomic E-state index is 12.0. The number of nitrogens with one attached hydrogen (secondary N) is 2. The molecule has 2 aromatic rings. The van der Waals surface area contributed by atoms with Gasteiger partial charge in [0.15, 0.2) is 5.13 Å². The molecule has 0 atom stereocenters. The van der Waals surface area contributed by atoms with Gasteiger partial charge in [0.1, 0.15) is 4.88 Å². The lowest BCUT2D eigenvalue weighted by atomic mass is 10.3. The van der Waals surface area contributed by atoms with Crippen LogP contribution in [0.25, 0.3) is 0 Å². The molecular weight excluding hydrogens is 354 g/mol. The minimum absolute atomic E-state index is 0.155. The summed E-state index contributed by atoms with van der Waals surface area (Å²) in [7, 11) is 0. The Labute approximate surface area is 156 Å². The molecule has 2 aromatic heterocycles. The number of aryl methyl sites for hydroxylation is 3. The van der Waals surface area contributed by atoms with E-state index in [-0.39, 0.29) is 5.91 Å². The first-order chi connectivity index (χ1) is 12.4. The largest absolute Gasteiger partial charge is 0.462 e. The maximum atomic E-state index is 12.0. The molecule has 0 aliphatic carbocycles. The molecule has 0 fully saturated rings. The molecule has 0 saturated carbocycles. The second-order valence-corrected chi connectivity index (χ2v) is 6.71. The summed E-state index contributed by atoms with van der Waals surface area (Å²) in [5.41, 5.74) is 2.35. The fraction of sp³-hybridized carbons (Fsp3) is 0.471. The molecule has 140 valence electrons. The fourth-order valence-corrected chi connectivity index (χ4v) is 3.15. The predicted molar refractivity (Wildman–Crippen MR) is 101 cm³/mol. The number of amides is 1. The molecule has 0 aromatic carbocycles. The molecule has 0 aliphatic rings. The smallest absolute Gasteiger partial charge is 0.350 e. The molecule has 26 heavy (non-hydrogen) atoms. The highest BCUT2D eigenvalue weighted by Gasteiger charge is 2.17. The molecule has 0 radical (unpaired) electrons. The summed E-state index contributed by atoms with van der Waals surface area (Å²) < 4.78 is 4.96. The number of thiazole rings is 1. The van der Waals surface area contributed by atoms with E-state index in [1.165, 1.54) is 0 Å². The third kappa shape index (κ3) is 5.76. The number of carbonyl (C=O) groups is 2. The van der Waals surface area contributed by atoms with Crippen LogP contribution < -0.4 is 10.6 Å². The summed E-state index contributed by atoms with van der Waals surface area (Å²) in [6, 6.07) is 1.90. The highest BCUT2D eigenvalue weighted by molar-refractivity contribution is 7.17. The van der Waals surface area contributed by atoms with Gasteiger partial charge in [0.05, 0.1) is 12.3 Å². The fourth-order valence-electron chi connectivity index (χ4n) is 2.27. The van der Waals surface area contributed by atoms with Crippen molar-refractivity contribution < 1.29 is 14.3 Å². The van der Waals surface area contributed by atoms with E-state index in [4.69, 9.17) is 4.74 Å². The number of hydrogen-bond acceptors (Lipinski definition) is 8. The van der Waals surface area contributed by atoms with E-state index in [1.54, 1.807) is 13.8 Å². The second-order valence-electron chi connectivity index (χ2n) is 5.71. The molecule has 2 heterocycles. The highest BCUT2D eigenvalue weighted by Crippen LogP contribution is 2.23. The van der Waals surface area contributed by atoms with E-state index in [0.29, 0.717) is 47.6 Å². The molecule has 0 bridgehead atoms. The Hall–Kier alpha value is -2.55. The van der Waals surface area contributed by atoms with Crippen molar-refractivity contribution in [2.24, 2.45) is 0 Å². The Balaban J connectivity index is 1.78. The van der Waals surface area contributed by atoms with E-state index in [1.807, 2.05) is 19.9 Å². The molecule has 1 amide bonds. The number of anilines is 2. The Morgan fingerprint density at radius 1 is 1.15 bits per heavy atom. The van der Waals surface area contributed by atoms with Gasteiger partial charge < -0.3 is 15.4 Å². The van der Waals surface area contributed by atoms with Crippen LogP contribution in [0.4, 0.5) is 11.1 Å². The summed E-state index contributed by atoms with van der Waals surface area (Å²) in [5, 5.41) is 6.23. The van der Waals surface area contributed by atoms with E-state index >= 15 is 0 Å². The zero-order valence-electron chi connectivity index (χ0n) is 15.4. The first-order valence-corrected chi connectivity index (χ1v) is 9.21. The zero-order valence-corrected chi connectivity index (χ0v) is 16.2. The van der Waals surface area contributed by atoms with Crippen molar-refractivity contribution in [1.29, 1.82) is 0 Å². The topological polar surface area (TPSA) is 106 Å². The van der Waals surface area contributed by atoms with Gasteiger partial charge in [-0.1, -0.05) is 11.3 Å². The third-order valence-electron chi connectivity index (χ3n) is 3.35. The van der Waals surface area contributed by atoms with Crippen LogP contribution in [0.3, 0.4) is 0 Å². The van der Waals surface area contributed by atoms with Gasteiger partial charge in [0.25, 0.3) is 0 Å².